The first-order chi connectivity index (χ1) is 13.4. The van der Waals surface area contributed by atoms with Crippen molar-refractivity contribution in [2.45, 2.75) is 18.5 Å². The van der Waals surface area contributed by atoms with Crippen molar-refractivity contribution in [1.29, 1.82) is 0 Å². The molecule has 0 aromatic heterocycles. The molecule has 2 aliphatic rings. The minimum Gasteiger partial charge on any atom is -0.468 e. The summed E-state index contributed by atoms with van der Waals surface area (Å²) >= 11 is 5.99. The molecule has 0 spiro atoms. The van der Waals surface area contributed by atoms with Crippen LogP contribution in [-0.2, 0) is 19.1 Å². The number of amides is 2. The van der Waals surface area contributed by atoms with Crippen molar-refractivity contribution in [1.82, 2.24) is 5.32 Å². The van der Waals surface area contributed by atoms with Gasteiger partial charge in [0.25, 0.3) is 0 Å². The summed E-state index contributed by atoms with van der Waals surface area (Å²) in [6, 6.07) is 15.3. The van der Waals surface area contributed by atoms with Crippen molar-refractivity contribution >= 4 is 35.1 Å². The van der Waals surface area contributed by atoms with Gasteiger partial charge in [0.05, 0.1) is 24.6 Å². The van der Waals surface area contributed by atoms with Crippen LogP contribution in [0.2, 0.25) is 5.02 Å². The molecule has 2 fully saturated rings. The molecule has 2 amide bonds. The van der Waals surface area contributed by atoms with E-state index in [0.717, 1.165) is 5.56 Å². The lowest BCUT2D eigenvalue weighted by molar-refractivity contribution is -0.151. The van der Waals surface area contributed by atoms with E-state index in [1.54, 1.807) is 55.5 Å². The van der Waals surface area contributed by atoms with Gasteiger partial charge in [0, 0.05) is 11.1 Å². The normalized spacial score (nSPS) is 29.1. The van der Waals surface area contributed by atoms with Crippen molar-refractivity contribution in [3.05, 3.63) is 65.2 Å². The molecule has 7 heteroatoms. The third-order valence-corrected chi connectivity index (χ3v) is 5.89. The SMILES string of the molecule is COC(=O)[C@]1(C)N[C@@H](c2ccc(Cl)cc2)[C@H]2C(=O)N(c3ccccc3)C(=O)[C@@H]21. The van der Waals surface area contributed by atoms with Gasteiger partial charge in [-0.3, -0.25) is 19.7 Å². The van der Waals surface area contributed by atoms with E-state index < -0.39 is 35.3 Å². The van der Waals surface area contributed by atoms with Crippen LogP contribution in [0, 0.1) is 11.8 Å². The maximum Gasteiger partial charge on any atom is 0.326 e. The minimum atomic E-state index is -1.32. The van der Waals surface area contributed by atoms with E-state index >= 15 is 0 Å². The number of methoxy groups -OCH3 is 1. The predicted octanol–water partition coefficient (Wildman–Crippen LogP) is 2.72. The summed E-state index contributed by atoms with van der Waals surface area (Å²) in [7, 11) is 1.27. The van der Waals surface area contributed by atoms with E-state index in [1.807, 2.05) is 6.07 Å². The maximum absolute atomic E-state index is 13.3. The van der Waals surface area contributed by atoms with Crippen LogP contribution < -0.4 is 10.2 Å². The van der Waals surface area contributed by atoms with Crippen molar-refractivity contribution < 1.29 is 19.1 Å². The lowest BCUT2D eigenvalue weighted by Crippen LogP contribution is -2.54. The summed E-state index contributed by atoms with van der Waals surface area (Å²) < 4.78 is 4.97. The highest BCUT2D eigenvalue weighted by Gasteiger charge is 2.67. The molecule has 28 heavy (non-hydrogen) atoms. The van der Waals surface area contributed by atoms with Crippen LogP contribution in [-0.4, -0.2) is 30.4 Å². The molecule has 2 aliphatic heterocycles. The number of imide groups is 1. The maximum atomic E-state index is 13.3. The highest BCUT2D eigenvalue weighted by molar-refractivity contribution is 6.30. The number of ether oxygens (including phenoxy) is 1. The number of esters is 1. The molecule has 4 atom stereocenters. The quantitative estimate of drug-likeness (QED) is 0.635. The highest BCUT2D eigenvalue weighted by atomic mass is 35.5. The second-order valence-corrected chi connectivity index (χ2v) is 7.65. The Morgan fingerprint density at radius 3 is 2.32 bits per heavy atom. The number of benzene rings is 2. The summed E-state index contributed by atoms with van der Waals surface area (Å²) in [6.45, 7) is 1.62. The summed E-state index contributed by atoms with van der Waals surface area (Å²) in [5.74, 6) is -2.90. The standard InChI is InChI=1S/C21H19ClN2O4/c1-21(20(27)28-2)16-15(17(23-21)12-8-10-13(22)11-9-12)18(25)24(19(16)26)14-6-4-3-5-7-14/h3-11,15-17,23H,1-2H3/t15-,16+,17-,21+/m0/s1. The van der Waals surface area contributed by atoms with Gasteiger partial charge >= 0.3 is 5.97 Å². The van der Waals surface area contributed by atoms with Gasteiger partial charge in [0.2, 0.25) is 11.8 Å². The number of para-hydroxylation sites is 1. The Kier molecular flexibility index (Phi) is 4.48. The van der Waals surface area contributed by atoms with Gasteiger partial charge in [-0.2, -0.15) is 0 Å². The van der Waals surface area contributed by atoms with Crippen LogP contribution >= 0.6 is 11.6 Å². The molecule has 6 nitrogen and oxygen atoms in total. The fourth-order valence-corrected chi connectivity index (χ4v) is 4.45. The molecule has 0 unspecified atom stereocenters. The average molecular weight is 399 g/mol. The third-order valence-electron chi connectivity index (χ3n) is 5.64. The van der Waals surface area contributed by atoms with Crippen molar-refractivity contribution in [2.24, 2.45) is 11.8 Å². The average Bonchev–Trinajstić information content (AvgIpc) is 3.16. The van der Waals surface area contributed by atoms with E-state index in [1.165, 1.54) is 12.0 Å². The largest absolute Gasteiger partial charge is 0.468 e. The number of carbonyl (C=O) groups excluding carboxylic acids is 3. The molecule has 1 N–H and O–H groups in total. The van der Waals surface area contributed by atoms with Gasteiger partial charge in [-0.25, -0.2) is 4.90 Å². The molecule has 0 bridgehead atoms. The van der Waals surface area contributed by atoms with Crippen LogP contribution in [0.3, 0.4) is 0 Å². The van der Waals surface area contributed by atoms with Crippen LogP contribution in [0.25, 0.3) is 0 Å². The lowest BCUT2D eigenvalue weighted by Gasteiger charge is -2.28. The number of rotatable bonds is 3. The monoisotopic (exact) mass is 398 g/mol. The van der Waals surface area contributed by atoms with E-state index in [9.17, 15) is 14.4 Å². The number of hydrogen-bond acceptors (Lipinski definition) is 5. The van der Waals surface area contributed by atoms with Gasteiger partial charge in [-0.15, -0.1) is 0 Å². The predicted molar refractivity (Wildman–Crippen MR) is 104 cm³/mol. The van der Waals surface area contributed by atoms with Crippen LogP contribution in [0.1, 0.15) is 18.5 Å². The lowest BCUT2D eigenvalue weighted by atomic mass is 9.80. The first-order valence-electron chi connectivity index (χ1n) is 8.93. The number of carbonyl (C=O) groups is 3. The molecular weight excluding hydrogens is 380 g/mol. The summed E-state index contributed by atoms with van der Waals surface area (Å²) in [4.78, 5) is 40.4. The van der Waals surface area contributed by atoms with Crippen molar-refractivity contribution in [3.8, 4) is 0 Å². The number of fused-ring (bicyclic) bond motifs is 1. The first kappa shape index (κ1) is 18.7. The molecule has 2 aromatic carbocycles. The summed E-state index contributed by atoms with van der Waals surface area (Å²) in [5.41, 5.74) is -0.0444. The first-order valence-corrected chi connectivity index (χ1v) is 9.30. The number of nitrogens with one attached hydrogen (secondary N) is 1. The Labute approximate surface area is 167 Å². The van der Waals surface area contributed by atoms with Crippen molar-refractivity contribution in [3.63, 3.8) is 0 Å². The molecule has 4 rings (SSSR count). The molecule has 0 radical (unpaired) electrons. The van der Waals surface area contributed by atoms with Gasteiger partial charge in [-0.1, -0.05) is 41.9 Å². The number of anilines is 1. The van der Waals surface area contributed by atoms with E-state index in [2.05, 4.69) is 5.32 Å². The Balaban J connectivity index is 1.82. The molecule has 2 aromatic rings. The zero-order chi connectivity index (χ0) is 20.1. The molecule has 0 aliphatic carbocycles. The zero-order valence-electron chi connectivity index (χ0n) is 15.4. The third kappa shape index (κ3) is 2.64. The number of hydrogen-bond donors (Lipinski definition) is 1. The minimum absolute atomic E-state index is 0.332. The van der Waals surface area contributed by atoms with Gasteiger partial charge < -0.3 is 4.74 Å². The molecular formula is C21H19ClN2O4. The van der Waals surface area contributed by atoms with E-state index in [-0.39, 0.29) is 5.91 Å². The Morgan fingerprint density at radius 1 is 1.07 bits per heavy atom. The second kappa shape index (κ2) is 6.72. The second-order valence-electron chi connectivity index (χ2n) is 7.22. The van der Waals surface area contributed by atoms with Crippen LogP contribution in [0.5, 0.6) is 0 Å². The Morgan fingerprint density at radius 2 is 1.71 bits per heavy atom. The van der Waals surface area contributed by atoms with Crippen LogP contribution in [0.15, 0.2) is 54.6 Å². The zero-order valence-corrected chi connectivity index (χ0v) is 16.1. The highest BCUT2D eigenvalue weighted by Crippen LogP contribution is 2.49. The Bertz CT molecular complexity index is 947. The molecule has 2 saturated heterocycles. The van der Waals surface area contributed by atoms with Gasteiger partial charge in [0.15, 0.2) is 0 Å². The van der Waals surface area contributed by atoms with Crippen molar-refractivity contribution in [2.75, 3.05) is 12.0 Å². The smallest absolute Gasteiger partial charge is 0.326 e. The van der Waals surface area contributed by atoms with Gasteiger partial charge in [-0.05, 0) is 36.8 Å². The number of halogens is 1. The molecule has 2 heterocycles. The molecule has 0 saturated carbocycles. The topological polar surface area (TPSA) is 75.7 Å². The Hall–Kier alpha value is -2.70. The fourth-order valence-electron chi connectivity index (χ4n) is 4.33. The van der Waals surface area contributed by atoms with Crippen LogP contribution in [0.4, 0.5) is 5.69 Å². The van der Waals surface area contributed by atoms with E-state index in [0.29, 0.717) is 10.7 Å². The summed E-state index contributed by atoms with van der Waals surface area (Å²) in [6.07, 6.45) is 0. The molecule has 144 valence electrons. The van der Waals surface area contributed by atoms with Gasteiger partial charge in [0.1, 0.15) is 5.54 Å². The number of nitrogens with zero attached hydrogens (tertiary/aromatic N) is 1. The fraction of sp³-hybridized carbons (Fsp3) is 0.286. The van der Waals surface area contributed by atoms with E-state index in [4.69, 9.17) is 16.3 Å². The summed E-state index contributed by atoms with van der Waals surface area (Å²) in [5, 5.41) is 3.77.